The number of hydrogen-bond donors (Lipinski definition) is 1. The van der Waals surface area contributed by atoms with Gasteiger partial charge in [-0.25, -0.2) is 0 Å². The average molecular weight is 386 g/mol. The van der Waals surface area contributed by atoms with Crippen molar-refractivity contribution in [1.82, 2.24) is 4.90 Å². The fourth-order valence-corrected chi connectivity index (χ4v) is 3.40. The Morgan fingerprint density at radius 1 is 0.929 bits per heavy atom. The number of ether oxygens (including phenoxy) is 3. The van der Waals surface area contributed by atoms with Gasteiger partial charge in [0.1, 0.15) is 11.5 Å². The van der Waals surface area contributed by atoms with E-state index in [1.165, 1.54) is 0 Å². The monoisotopic (exact) mass is 386 g/mol. The Morgan fingerprint density at radius 2 is 1.57 bits per heavy atom. The SMILES string of the molecule is COc1cc(OC)cc(N2CCN(CC(O)COCc3ccccc3)CC2)c1. The standard InChI is InChI=1S/C22H30N2O4/c1-26-21-12-19(13-22(14-21)27-2)24-10-8-23(9-11-24)15-20(25)17-28-16-18-6-4-3-5-7-18/h3-7,12-14,20,25H,8-11,15-17H2,1-2H3. The molecule has 1 heterocycles. The van der Waals surface area contributed by atoms with E-state index in [1.807, 2.05) is 48.5 Å². The van der Waals surface area contributed by atoms with Crippen LogP contribution in [0.15, 0.2) is 48.5 Å². The summed E-state index contributed by atoms with van der Waals surface area (Å²) in [6, 6.07) is 16.0. The van der Waals surface area contributed by atoms with Crippen molar-refractivity contribution in [2.75, 3.05) is 58.5 Å². The van der Waals surface area contributed by atoms with Gasteiger partial charge in [0.2, 0.25) is 0 Å². The maximum absolute atomic E-state index is 10.3. The summed E-state index contributed by atoms with van der Waals surface area (Å²) in [7, 11) is 3.33. The number of aliphatic hydroxyl groups is 1. The van der Waals surface area contributed by atoms with Crippen molar-refractivity contribution < 1.29 is 19.3 Å². The minimum atomic E-state index is -0.479. The van der Waals surface area contributed by atoms with Crippen molar-refractivity contribution in [2.24, 2.45) is 0 Å². The van der Waals surface area contributed by atoms with Gasteiger partial charge >= 0.3 is 0 Å². The normalized spacial score (nSPS) is 16.0. The molecule has 3 rings (SSSR count). The minimum absolute atomic E-state index is 0.349. The molecule has 0 bridgehead atoms. The maximum Gasteiger partial charge on any atom is 0.124 e. The number of rotatable bonds is 9. The Morgan fingerprint density at radius 3 is 2.18 bits per heavy atom. The summed E-state index contributed by atoms with van der Waals surface area (Å²) in [5.41, 5.74) is 2.22. The molecule has 1 N–H and O–H groups in total. The van der Waals surface area contributed by atoms with E-state index in [4.69, 9.17) is 14.2 Å². The molecule has 1 atom stereocenters. The van der Waals surface area contributed by atoms with Crippen LogP contribution in [-0.2, 0) is 11.3 Å². The summed E-state index contributed by atoms with van der Waals surface area (Å²) < 4.78 is 16.4. The van der Waals surface area contributed by atoms with Crippen LogP contribution in [0.2, 0.25) is 0 Å². The van der Waals surface area contributed by atoms with Crippen LogP contribution in [0, 0.1) is 0 Å². The second kappa shape index (κ2) is 10.3. The van der Waals surface area contributed by atoms with Crippen molar-refractivity contribution in [3.63, 3.8) is 0 Å². The minimum Gasteiger partial charge on any atom is -0.497 e. The largest absolute Gasteiger partial charge is 0.497 e. The molecule has 1 saturated heterocycles. The number of benzene rings is 2. The lowest BCUT2D eigenvalue weighted by Crippen LogP contribution is -2.49. The third kappa shape index (κ3) is 5.86. The van der Waals surface area contributed by atoms with Crippen LogP contribution in [0.25, 0.3) is 0 Å². The van der Waals surface area contributed by atoms with Crippen LogP contribution in [0.1, 0.15) is 5.56 Å². The molecule has 1 aliphatic heterocycles. The third-order valence-electron chi connectivity index (χ3n) is 4.96. The van der Waals surface area contributed by atoms with Crippen molar-refractivity contribution in [3.8, 4) is 11.5 Å². The fraction of sp³-hybridized carbons (Fsp3) is 0.455. The van der Waals surface area contributed by atoms with Gasteiger partial charge < -0.3 is 24.2 Å². The lowest BCUT2D eigenvalue weighted by atomic mass is 10.2. The second-order valence-electron chi connectivity index (χ2n) is 7.01. The molecule has 1 aliphatic rings. The van der Waals surface area contributed by atoms with Gasteiger partial charge in [-0.05, 0) is 5.56 Å². The highest BCUT2D eigenvalue weighted by Crippen LogP contribution is 2.29. The Hall–Kier alpha value is -2.28. The van der Waals surface area contributed by atoms with E-state index >= 15 is 0 Å². The summed E-state index contributed by atoms with van der Waals surface area (Å²) in [6.45, 7) is 5.10. The van der Waals surface area contributed by atoms with Gasteiger partial charge in [-0.3, -0.25) is 4.90 Å². The van der Waals surface area contributed by atoms with Crippen LogP contribution in [0.4, 0.5) is 5.69 Å². The van der Waals surface area contributed by atoms with Gasteiger partial charge in [0.05, 0.1) is 33.5 Å². The summed E-state index contributed by atoms with van der Waals surface area (Å²) >= 11 is 0. The number of piperazine rings is 1. The molecule has 0 aromatic heterocycles. The summed E-state index contributed by atoms with van der Waals surface area (Å²) in [4.78, 5) is 4.60. The molecular formula is C22H30N2O4. The maximum atomic E-state index is 10.3. The Balaban J connectivity index is 1.42. The summed E-state index contributed by atoms with van der Waals surface area (Å²) in [5, 5.41) is 10.3. The molecule has 0 radical (unpaired) electrons. The van der Waals surface area contributed by atoms with Gasteiger partial charge in [0, 0.05) is 56.6 Å². The van der Waals surface area contributed by atoms with Crippen LogP contribution in [0.3, 0.4) is 0 Å². The molecular weight excluding hydrogens is 356 g/mol. The molecule has 0 aliphatic carbocycles. The first kappa shape index (κ1) is 20.5. The van der Waals surface area contributed by atoms with Crippen molar-refractivity contribution in [3.05, 3.63) is 54.1 Å². The zero-order chi connectivity index (χ0) is 19.8. The highest BCUT2D eigenvalue weighted by Gasteiger charge is 2.20. The topological polar surface area (TPSA) is 54.4 Å². The highest BCUT2D eigenvalue weighted by molar-refractivity contribution is 5.56. The van der Waals surface area contributed by atoms with Crippen molar-refractivity contribution >= 4 is 5.69 Å². The lowest BCUT2D eigenvalue weighted by molar-refractivity contribution is 0.00914. The molecule has 6 heteroatoms. The first-order valence-corrected chi connectivity index (χ1v) is 9.68. The second-order valence-corrected chi connectivity index (χ2v) is 7.01. The Bertz CT molecular complexity index is 695. The van der Waals surface area contributed by atoms with Crippen molar-refractivity contribution in [1.29, 1.82) is 0 Å². The van der Waals surface area contributed by atoms with E-state index in [0.717, 1.165) is 48.9 Å². The van der Waals surface area contributed by atoms with E-state index in [0.29, 0.717) is 19.8 Å². The number of nitrogens with zero attached hydrogens (tertiary/aromatic N) is 2. The van der Waals surface area contributed by atoms with Crippen molar-refractivity contribution in [2.45, 2.75) is 12.7 Å². The molecule has 0 amide bonds. The highest BCUT2D eigenvalue weighted by atomic mass is 16.5. The Kier molecular flexibility index (Phi) is 7.54. The van der Waals surface area contributed by atoms with E-state index in [2.05, 4.69) is 9.80 Å². The molecule has 1 fully saturated rings. The van der Waals surface area contributed by atoms with E-state index in [-0.39, 0.29) is 0 Å². The third-order valence-corrected chi connectivity index (χ3v) is 4.96. The average Bonchev–Trinajstić information content (AvgIpc) is 2.74. The molecule has 2 aromatic rings. The quantitative estimate of drug-likeness (QED) is 0.714. The molecule has 2 aromatic carbocycles. The predicted octanol–water partition coefficient (Wildman–Crippen LogP) is 2.40. The first-order chi connectivity index (χ1) is 13.7. The summed E-state index contributed by atoms with van der Waals surface area (Å²) in [6.07, 6.45) is -0.479. The number of methoxy groups -OCH3 is 2. The van der Waals surface area contributed by atoms with Gasteiger partial charge in [0.25, 0.3) is 0 Å². The molecule has 28 heavy (non-hydrogen) atoms. The van der Waals surface area contributed by atoms with Crippen LogP contribution < -0.4 is 14.4 Å². The predicted molar refractivity (Wildman–Crippen MR) is 110 cm³/mol. The van der Waals surface area contributed by atoms with Crippen LogP contribution >= 0.6 is 0 Å². The first-order valence-electron chi connectivity index (χ1n) is 9.68. The van der Waals surface area contributed by atoms with Crippen LogP contribution in [0.5, 0.6) is 11.5 Å². The fourth-order valence-electron chi connectivity index (χ4n) is 3.40. The van der Waals surface area contributed by atoms with E-state index in [1.54, 1.807) is 14.2 Å². The van der Waals surface area contributed by atoms with Gasteiger partial charge in [0.15, 0.2) is 0 Å². The molecule has 1 unspecified atom stereocenters. The van der Waals surface area contributed by atoms with E-state index in [9.17, 15) is 5.11 Å². The van der Waals surface area contributed by atoms with Gasteiger partial charge in [-0.15, -0.1) is 0 Å². The number of aliphatic hydroxyl groups excluding tert-OH is 1. The zero-order valence-electron chi connectivity index (χ0n) is 16.7. The smallest absolute Gasteiger partial charge is 0.124 e. The Labute approximate surface area is 167 Å². The molecule has 0 saturated carbocycles. The van der Waals surface area contributed by atoms with Gasteiger partial charge in [-0.2, -0.15) is 0 Å². The molecule has 6 nitrogen and oxygen atoms in total. The van der Waals surface area contributed by atoms with Gasteiger partial charge in [-0.1, -0.05) is 30.3 Å². The number of anilines is 1. The summed E-state index contributed by atoms with van der Waals surface area (Å²) in [5.74, 6) is 1.59. The molecule has 152 valence electrons. The number of hydrogen-bond acceptors (Lipinski definition) is 6. The van der Waals surface area contributed by atoms with E-state index < -0.39 is 6.10 Å². The lowest BCUT2D eigenvalue weighted by Gasteiger charge is -2.37. The van der Waals surface area contributed by atoms with Crippen LogP contribution in [-0.4, -0.2) is 69.7 Å². The molecule has 0 spiro atoms. The number of β-amino-alcohol motifs (C(OH)–C–C–N with tert-alkyl or cyclic N) is 1. The zero-order valence-corrected chi connectivity index (χ0v) is 16.7.